The van der Waals surface area contributed by atoms with Gasteiger partial charge in [-0.15, -0.1) is 0 Å². The van der Waals surface area contributed by atoms with Gasteiger partial charge >= 0.3 is 0 Å². The third-order valence-corrected chi connectivity index (χ3v) is 10.1. The Morgan fingerprint density at radius 2 is 1.61 bits per heavy atom. The lowest BCUT2D eigenvalue weighted by Gasteiger charge is -2.47. The van der Waals surface area contributed by atoms with Crippen molar-refractivity contribution in [2.24, 2.45) is 5.73 Å². The third-order valence-electron chi connectivity index (χ3n) is 10.1. The molecule has 0 radical (unpaired) electrons. The molecule has 6 fully saturated rings. The molecule has 0 unspecified atom stereocenters. The number of nitrogens with two attached hydrogens (primary N) is 1. The second-order valence-electron chi connectivity index (χ2n) is 12.6. The molecule has 0 aromatic heterocycles. The van der Waals surface area contributed by atoms with Crippen molar-refractivity contribution >= 4 is 23.6 Å². The van der Waals surface area contributed by atoms with Gasteiger partial charge in [0.25, 0.3) is 5.91 Å². The topological polar surface area (TPSA) is 119 Å². The molecule has 10 nitrogen and oxygen atoms in total. The fourth-order valence-electron chi connectivity index (χ4n) is 7.66. The van der Waals surface area contributed by atoms with E-state index in [0.29, 0.717) is 64.0 Å². The van der Waals surface area contributed by atoms with E-state index in [1.54, 1.807) is 9.80 Å². The summed E-state index contributed by atoms with van der Waals surface area (Å²) in [6.07, 6.45) is 5.34. The molecule has 1 aromatic rings. The molecule has 11 heteroatoms. The molecule has 6 aliphatic heterocycles. The molecule has 3 atom stereocenters. The van der Waals surface area contributed by atoms with Gasteiger partial charge in [-0.05, 0) is 82.2 Å². The van der Waals surface area contributed by atoms with Gasteiger partial charge in [0.2, 0.25) is 17.7 Å². The van der Waals surface area contributed by atoms with E-state index in [-0.39, 0.29) is 48.2 Å². The Hall–Kier alpha value is -3.05. The van der Waals surface area contributed by atoms with Crippen LogP contribution in [0.15, 0.2) is 24.3 Å². The number of nitrogens with zero attached hydrogens (tertiary/aromatic N) is 4. The second-order valence-corrected chi connectivity index (χ2v) is 12.6. The standard InChI is InChI=1S/C30H41FN6O4/c31-21-5-3-20(4-6-21)28(40)35-16-10-30(11-17-35)19-26(38)37-15-7-22(32)18-25(37)29(41)34-13-8-23(9-14-34)36-12-1-2-24(36)27(39)33-30/h3-6,22-25H,1-2,7-19,32H2,(H,33,39)/t22-,24+,25+/m1/s1. The van der Waals surface area contributed by atoms with Crippen LogP contribution in [0.3, 0.4) is 0 Å². The van der Waals surface area contributed by atoms with E-state index in [9.17, 15) is 23.6 Å². The van der Waals surface area contributed by atoms with E-state index in [0.717, 1.165) is 32.2 Å². The molecule has 6 heterocycles. The van der Waals surface area contributed by atoms with Gasteiger partial charge in [-0.25, -0.2) is 4.39 Å². The second kappa shape index (κ2) is 11.3. The maximum absolute atomic E-state index is 14.0. The first kappa shape index (κ1) is 28.1. The van der Waals surface area contributed by atoms with Crippen molar-refractivity contribution in [3.63, 3.8) is 0 Å². The molecule has 3 N–H and O–H groups in total. The number of fused-ring (bicyclic) bond motifs is 4. The Bertz CT molecular complexity index is 1180. The minimum atomic E-state index is -0.821. The summed E-state index contributed by atoms with van der Waals surface area (Å²) in [6.45, 7) is 3.26. The van der Waals surface area contributed by atoms with Gasteiger partial charge in [0.15, 0.2) is 0 Å². The smallest absolute Gasteiger partial charge is 0.253 e. The number of hydrogen-bond acceptors (Lipinski definition) is 6. The van der Waals surface area contributed by atoms with Gasteiger partial charge in [0.05, 0.1) is 18.0 Å². The quantitative estimate of drug-likeness (QED) is 0.524. The summed E-state index contributed by atoms with van der Waals surface area (Å²) >= 11 is 0. The summed E-state index contributed by atoms with van der Waals surface area (Å²) in [6, 6.07) is 4.77. The fourth-order valence-corrected chi connectivity index (χ4v) is 7.66. The predicted octanol–water partition coefficient (Wildman–Crippen LogP) is 1.09. The molecular weight excluding hydrogens is 527 g/mol. The van der Waals surface area contributed by atoms with Crippen molar-refractivity contribution in [1.29, 1.82) is 0 Å². The normalized spacial score (nSPS) is 29.8. The zero-order chi connectivity index (χ0) is 28.7. The number of rotatable bonds is 1. The first-order chi connectivity index (χ1) is 19.7. The van der Waals surface area contributed by atoms with E-state index >= 15 is 0 Å². The first-order valence-corrected chi connectivity index (χ1v) is 15.2. The van der Waals surface area contributed by atoms with Crippen molar-refractivity contribution in [3.05, 3.63) is 35.6 Å². The number of carbonyl (C=O) groups is 4. The molecule has 41 heavy (non-hydrogen) atoms. The summed E-state index contributed by atoms with van der Waals surface area (Å²) in [5.74, 6) is -0.798. The first-order valence-electron chi connectivity index (χ1n) is 15.2. The predicted molar refractivity (Wildman–Crippen MR) is 149 cm³/mol. The number of benzene rings is 1. The maximum atomic E-state index is 14.0. The van der Waals surface area contributed by atoms with Gasteiger partial charge in [-0.1, -0.05) is 0 Å². The van der Waals surface area contributed by atoms with Crippen LogP contribution >= 0.6 is 0 Å². The summed E-state index contributed by atoms with van der Waals surface area (Å²) in [5, 5.41) is 3.33. The highest BCUT2D eigenvalue weighted by Gasteiger charge is 2.47. The third kappa shape index (κ3) is 5.58. The molecule has 4 amide bonds. The van der Waals surface area contributed by atoms with Gasteiger partial charge in [0.1, 0.15) is 11.9 Å². The Morgan fingerprint density at radius 1 is 0.902 bits per heavy atom. The monoisotopic (exact) mass is 568 g/mol. The van der Waals surface area contributed by atoms with Crippen molar-refractivity contribution in [1.82, 2.24) is 24.9 Å². The highest BCUT2D eigenvalue weighted by atomic mass is 19.1. The molecule has 6 aliphatic rings. The van der Waals surface area contributed by atoms with Crippen molar-refractivity contribution < 1.29 is 23.6 Å². The van der Waals surface area contributed by atoms with E-state index in [4.69, 9.17) is 5.73 Å². The Labute approximate surface area is 240 Å². The lowest BCUT2D eigenvalue weighted by molar-refractivity contribution is -0.151. The zero-order valence-corrected chi connectivity index (χ0v) is 23.6. The SMILES string of the molecule is N[C@@H]1CCN2C(=O)CC3(CCN(C(=O)c4ccc(F)cc4)CC3)NC(=O)[C@@H]3CCCN3C3CCN(CC3)C(=O)[C@@H]2C1. The maximum Gasteiger partial charge on any atom is 0.253 e. The molecular formula is C30H41FN6O4. The van der Waals surface area contributed by atoms with Gasteiger partial charge < -0.3 is 25.8 Å². The van der Waals surface area contributed by atoms with Crippen molar-refractivity contribution in [3.8, 4) is 0 Å². The summed E-state index contributed by atoms with van der Waals surface area (Å²) in [7, 11) is 0. The Morgan fingerprint density at radius 3 is 2.32 bits per heavy atom. The highest BCUT2D eigenvalue weighted by Crippen LogP contribution is 2.33. The fraction of sp³-hybridized carbons (Fsp3) is 0.667. The Kier molecular flexibility index (Phi) is 7.76. The molecule has 7 rings (SSSR count). The summed E-state index contributed by atoms with van der Waals surface area (Å²) in [5.41, 5.74) is 5.88. The number of amides is 4. The number of nitrogens with one attached hydrogen (secondary N) is 1. The number of halogens is 1. The van der Waals surface area contributed by atoms with Crippen LogP contribution in [-0.4, -0.2) is 112 Å². The van der Waals surface area contributed by atoms with E-state index < -0.39 is 17.4 Å². The number of likely N-dealkylation sites (tertiary alicyclic amines) is 1. The van der Waals surface area contributed by atoms with Crippen molar-refractivity contribution in [2.75, 3.05) is 39.3 Å². The number of carbonyl (C=O) groups excluding carboxylic acids is 4. The lowest BCUT2D eigenvalue weighted by atomic mass is 9.82. The van der Waals surface area contributed by atoms with Crippen LogP contribution in [0.2, 0.25) is 0 Å². The minimum Gasteiger partial charge on any atom is -0.349 e. The van der Waals surface area contributed by atoms with E-state index in [2.05, 4.69) is 10.2 Å². The molecule has 1 spiro atoms. The average molecular weight is 569 g/mol. The molecule has 0 aliphatic carbocycles. The van der Waals surface area contributed by atoms with Gasteiger partial charge in [-0.2, -0.15) is 0 Å². The van der Waals surface area contributed by atoms with E-state index in [1.807, 2.05) is 4.90 Å². The van der Waals surface area contributed by atoms with Crippen LogP contribution < -0.4 is 11.1 Å². The number of piperidine rings is 3. The molecule has 2 bridgehead atoms. The van der Waals surface area contributed by atoms with Crippen LogP contribution in [0, 0.1) is 5.82 Å². The molecule has 0 saturated carbocycles. The summed E-state index contributed by atoms with van der Waals surface area (Å²) < 4.78 is 13.4. The lowest BCUT2D eigenvalue weighted by Crippen LogP contribution is -2.64. The van der Waals surface area contributed by atoms with Crippen molar-refractivity contribution in [2.45, 2.75) is 87.5 Å². The summed E-state index contributed by atoms with van der Waals surface area (Å²) in [4.78, 5) is 62.4. The number of hydrogen-bond donors (Lipinski definition) is 2. The highest BCUT2D eigenvalue weighted by molar-refractivity contribution is 5.94. The Balaban J connectivity index is 1.27. The minimum absolute atomic E-state index is 0.0141. The van der Waals surface area contributed by atoms with Crippen LogP contribution in [0.25, 0.3) is 0 Å². The largest absolute Gasteiger partial charge is 0.349 e. The molecule has 6 saturated heterocycles. The van der Waals surface area contributed by atoms with Crippen LogP contribution in [0.1, 0.15) is 68.1 Å². The van der Waals surface area contributed by atoms with Crippen LogP contribution in [-0.2, 0) is 14.4 Å². The zero-order valence-electron chi connectivity index (χ0n) is 23.6. The van der Waals surface area contributed by atoms with Gasteiger partial charge in [0, 0.05) is 50.4 Å². The molecule has 222 valence electrons. The van der Waals surface area contributed by atoms with Crippen LogP contribution in [0.5, 0.6) is 0 Å². The van der Waals surface area contributed by atoms with Gasteiger partial charge in [-0.3, -0.25) is 24.1 Å². The van der Waals surface area contributed by atoms with E-state index in [1.165, 1.54) is 24.3 Å². The average Bonchev–Trinajstić information content (AvgIpc) is 3.47. The van der Waals surface area contributed by atoms with Crippen LogP contribution in [0.4, 0.5) is 4.39 Å². The molecule has 1 aromatic carbocycles.